The number of benzene rings is 1. The number of hydrogen-bond acceptors (Lipinski definition) is 4. The lowest BCUT2D eigenvalue weighted by Gasteiger charge is -2.05. The Balaban J connectivity index is 2.37. The highest BCUT2D eigenvalue weighted by Gasteiger charge is 2.17. The standard InChI is InChI=1S/C11H7BrN2O3/c12-8-6-10(11(13-7-8)14(15)16)17-9-4-2-1-3-5-9/h1-7H. The number of para-hydroxylation sites is 1. The lowest BCUT2D eigenvalue weighted by molar-refractivity contribution is -0.390. The summed E-state index contributed by atoms with van der Waals surface area (Å²) in [6, 6.07) is 10.3. The van der Waals surface area contributed by atoms with Crippen LogP contribution in [0.1, 0.15) is 0 Å². The van der Waals surface area contributed by atoms with E-state index in [0.29, 0.717) is 10.2 Å². The number of pyridine rings is 1. The van der Waals surface area contributed by atoms with Crippen molar-refractivity contribution in [3.8, 4) is 11.5 Å². The van der Waals surface area contributed by atoms with Gasteiger partial charge in [0.1, 0.15) is 5.75 Å². The van der Waals surface area contributed by atoms with Gasteiger partial charge < -0.3 is 14.9 Å². The summed E-state index contributed by atoms with van der Waals surface area (Å²) < 4.78 is 6.04. The second kappa shape index (κ2) is 4.92. The fourth-order valence-corrected chi connectivity index (χ4v) is 1.55. The Hall–Kier alpha value is -1.95. The molecule has 17 heavy (non-hydrogen) atoms. The lowest BCUT2D eigenvalue weighted by atomic mass is 10.3. The van der Waals surface area contributed by atoms with Gasteiger partial charge in [-0.3, -0.25) is 0 Å². The first-order valence-corrected chi connectivity index (χ1v) is 5.49. The molecule has 0 amide bonds. The van der Waals surface area contributed by atoms with E-state index in [-0.39, 0.29) is 11.6 Å². The predicted molar refractivity (Wildman–Crippen MR) is 65.1 cm³/mol. The fourth-order valence-electron chi connectivity index (χ4n) is 1.24. The van der Waals surface area contributed by atoms with E-state index in [1.165, 1.54) is 12.3 Å². The van der Waals surface area contributed by atoms with Gasteiger partial charge in [0.05, 0.1) is 4.47 Å². The number of halogens is 1. The quantitative estimate of drug-likeness (QED) is 0.641. The summed E-state index contributed by atoms with van der Waals surface area (Å²) in [5.74, 6) is 0.322. The highest BCUT2D eigenvalue weighted by molar-refractivity contribution is 9.10. The molecular formula is C11H7BrN2O3. The van der Waals surface area contributed by atoms with Gasteiger partial charge in [-0.1, -0.05) is 18.2 Å². The first kappa shape index (κ1) is 11.5. The predicted octanol–water partition coefficient (Wildman–Crippen LogP) is 3.54. The molecule has 1 aromatic carbocycles. The maximum absolute atomic E-state index is 10.8. The van der Waals surface area contributed by atoms with Gasteiger partial charge in [0.15, 0.2) is 6.20 Å². The van der Waals surface area contributed by atoms with E-state index in [1.54, 1.807) is 24.3 Å². The minimum Gasteiger partial charge on any atom is -0.448 e. The van der Waals surface area contributed by atoms with Crippen molar-refractivity contribution in [3.05, 3.63) is 57.2 Å². The summed E-state index contributed by atoms with van der Waals surface area (Å²) in [5.41, 5.74) is 0. The number of hydrogen-bond donors (Lipinski definition) is 0. The highest BCUT2D eigenvalue weighted by Crippen LogP contribution is 2.31. The zero-order chi connectivity index (χ0) is 12.3. The Morgan fingerprint density at radius 1 is 1.29 bits per heavy atom. The van der Waals surface area contributed by atoms with Crippen LogP contribution in [-0.4, -0.2) is 9.91 Å². The number of nitro groups is 1. The Bertz CT molecular complexity index is 546. The Labute approximate surface area is 105 Å². The van der Waals surface area contributed by atoms with Crippen molar-refractivity contribution in [1.82, 2.24) is 4.98 Å². The zero-order valence-electron chi connectivity index (χ0n) is 8.54. The van der Waals surface area contributed by atoms with Gasteiger partial charge in [-0.2, -0.15) is 0 Å². The third kappa shape index (κ3) is 2.79. The maximum atomic E-state index is 10.8. The molecule has 86 valence electrons. The van der Waals surface area contributed by atoms with Gasteiger partial charge in [0.25, 0.3) is 0 Å². The van der Waals surface area contributed by atoms with Crippen LogP contribution < -0.4 is 4.74 Å². The van der Waals surface area contributed by atoms with E-state index in [9.17, 15) is 10.1 Å². The number of rotatable bonds is 3. The van der Waals surface area contributed by atoms with Gasteiger partial charge in [0, 0.05) is 6.07 Å². The van der Waals surface area contributed by atoms with Crippen molar-refractivity contribution in [3.63, 3.8) is 0 Å². The van der Waals surface area contributed by atoms with Crippen LogP contribution in [0.3, 0.4) is 0 Å². The van der Waals surface area contributed by atoms with Crippen molar-refractivity contribution >= 4 is 21.7 Å². The Kier molecular flexibility index (Phi) is 3.34. The smallest absolute Gasteiger partial charge is 0.406 e. The van der Waals surface area contributed by atoms with Crippen LogP contribution in [0.15, 0.2) is 47.1 Å². The van der Waals surface area contributed by atoms with Crippen molar-refractivity contribution in [2.75, 3.05) is 0 Å². The van der Waals surface area contributed by atoms with Crippen LogP contribution in [0, 0.1) is 10.1 Å². The Morgan fingerprint density at radius 3 is 2.65 bits per heavy atom. The second-order valence-electron chi connectivity index (χ2n) is 3.15. The van der Waals surface area contributed by atoms with Crippen LogP contribution >= 0.6 is 15.9 Å². The number of aromatic nitrogens is 1. The lowest BCUT2D eigenvalue weighted by Crippen LogP contribution is -1.96. The van der Waals surface area contributed by atoms with Gasteiger partial charge in [-0.25, -0.2) is 0 Å². The molecule has 0 N–H and O–H groups in total. The van der Waals surface area contributed by atoms with Gasteiger partial charge in [-0.05, 0) is 38.0 Å². The van der Waals surface area contributed by atoms with Crippen LogP contribution in [0.4, 0.5) is 5.82 Å². The molecule has 5 nitrogen and oxygen atoms in total. The summed E-state index contributed by atoms with van der Waals surface area (Å²) in [5, 5.41) is 10.8. The van der Waals surface area contributed by atoms with E-state index in [0.717, 1.165) is 0 Å². The number of nitrogens with zero attached hydrogens (tertiary/aromatic N) is 2. The minimum absolute atomic E-state index is 0.107. The topological polar surface area (TPSA) is 65.3 Å². The van der Waals surface area contributed by atoms with Gasteiger partial charge >= 0.3 is 5.82 Å². The molecular weight excluding hydrogens is 288 g/mol. The molecule has 6 heteroatoms. The maximum Gasteiger partial charge on any atom is 0.406 e. The third-order valence-corrected chi connectivity index (χ3v) is 2.38. The second-order valence-corrected chi connectivity index (χ2v) is 4.06. The SMILES string of the molecule is O=[N+]([O-])c1ncc(Br)cc1Oc1ccccc1. The molecule has 2 aromatic rings. The van der Waals surface area contributed by atoms with E-state index >= 15 is 0 Å². The molecule has 1 aromatic heterocycles. The van der Waals surface area contributed by atoms with Gasteiger partial charge in [0.2, 0.25) is 5.75 Å². The molecule has 0 radical (unpaired) electrons. The van der Waals surface area contributed by atoms with Crippen LogP contribution in [0.5, 0.6) is 11.5 Å². The third-order valence-electron chi connectivity index (χ3n) is 1.94. The summed E-state index contributed by atoms with van der Waals surface area (Å²) in [6.07, 6.45) is 1.36. The minimum atomic E-state index is -0.579. The first-order valence-electron chi connectivity index (χ1n) is 4.69. The summed E-state index contributed by atoms with van der Waals surface area (Å²) in [7, 11) is 0. The first-order chi connectivity index (χ1) is 8.16. The normalized spacial score (nSPS) is 9.94. The van der Waals surface area contributed by atoms with E-state index < -0.39 is 4.92 Å². The molecule has 0 atom stereocenters. The van der Waals surface area contributed by atoms with Gasteiger partial charge in [-0.15, -0.1) is 0 Å². The molecule has 2 rings (SSSR count). The summed E-state index contributed by atoms with van der Waals surface area (Å²) in [4.78, 5) is 13.9. The van der Waals surface area contributed by atoms with Crippen LogP contribution in [0.25, 0.3) is 0 Å². The summed E-state index contributed by atoms with van der Waals surface area (Å²) in [6.45, 7) is 0. The van der Waals surface area contributed by atoms with E-state index in [2.05, 4.69) is 20.9 Å². The van der Waals surface area contributed by atoms with E-state index in [4.69, 9.17) is 4.74 Å². The molecule has 0 saturated carbocycles. The molecule has 0 fully saturated rings. The fraction of sp³-hybridized carbons (Fsp3) is 0. The van der Waals surface area contributed by atoms with Crippen molar-refractivity contribution in [1.29, 1.82) is 0 Å². The largest absolute Gasteiger partial charge is 0.448 e. The van der Waals surface area contributed by atoms with Crippen molar-refractivity contribution < 1.29 is 9.66 Å². The van der Waals surface area contributed by atoms with E-state index in [1.807, 2.05) is 6.07 Å². The monoisotopic (exact) mass is 294 g/mol. The molecule has 0 saturated heterocycles. The number of ether oxygens (including phenoxy) is 1. The molecule has 0 unspecified atom stereocenters. The molecule has 0 aliphatic carbocycles. The van der Waals surface area contributed by atoms with Crippen molar-refractivity contribution in [2.45, 2.75) is 0 Å². The molecule has 0 spiro atoms. The molecule has 0 bridgehead atoms. The van der Waals surface area contributed by atoms with Crippen LogP contribution in [0.2, 0.25) is 0 Å². The van der Waals surface area contributed by atoms with Crippen molar-refractivity contribution in [2.24, 2.45) is 0 Å². The van der Waals surface area contributed by atoms with Crippen LogP contribution in [-0.2, 0) is 0 Å². The molecule has 0 aliphatic rings. The highest BCUT2D eigenvalue weighted by atomic mass is 79.9. The molecule has 0 aliphatic heterocycles. The summed E-state index contributed by atoms with van der Waals surface area (Å²) >= 11 is 3.19. The molecule has 1 heterocycles. The zero-order valence-corrected chi connectivity index (χ0v) is 10.1. The Morgan fingerprint density at radius 2 is 2.00 bits per heavy atom. The average molecular weight is 295 g/mol. The average Bonchev–Trinajstić information content (AvgIpc) is 2.30.